The van der Waals surface area contributed by atoms with E-state index < -0.39 is 0 Å². The first-order valence-corrected chi connectivity index (χ1v) is 5.42. The van der Waals surface area contributed by atoms with Gasteiger partial charge in [0.05, 0.1) is 5.69 Å². The summed E-state index contributed by atoms with van der Waals surface area (Å²) < 4.78 is 2.65. The largest absolute Gasteiger partial charge is 0.330 e. The molecule has 0 amide bonds. The third-order valence-corrected chi connectivity index (χ3v) is 2.80. The minimum absolute atomic E-state index is 0.108. The van der Waals surface area contributed by atoms with Gasteiger partial charge in [0.2, 0.25) is 0 Å². The molecule has 0 atom stereocenters. The zero-order chi connectivity index (χ0) is 11.0. The highest BCUT2D eigenvalue weighted by molar-refractivity contribution is 9.10. The van der Waals surface area contributed by atoms with Gasteiger partial charge in [0, 0.05) is 16.9 Å². The summed E-state index contributed by atoms with van der Waals surface area (Å²) in [5, 5.41) is 0. The molecule has 0 radical (unpaired) electrons. The highest BCUT2D eigenvalue weighted by Gasteiger charge is 2.07. The standard InChI is InChI=1S/C11H11BrN2O/c1-7-5-9(12)6-8(2)10(7)14-4-3-13-11(14)15/h3-6H,1-2H3,(H,13,15). The van der Waals surface area contributed by atoms with E-state index in [0.29, 0.717) is 0 Å². The molecule has 78 valence electrons. The number of rotatable bonds is 1. The van der Waals surface area contributed by atoms with Crippen LogP contribution in [0.3, 0.4) is 0 Å². The summed E-state index contributed by atoms with van der Waals surface area (Å²) in [6.07, 6.45) is 3.38. The lowest BCUT2D eigenvalue weighted by Crippen LogP contribution is -2.16. The van der Waals surface area contributed by atoms with Crippen molar-refractivity contribution in [3.63, 3.8) is 0 Å². The molecular formula is C11H11BrN2O. The summed E-state index contributed by atoms with van der Waals surface area (Å²) in [5.41, 5.74) is 2.99. The molecule has 0 bridgehead atoms. The molecule has 15 heavy (non-hydrogen) atoms. The van der Waals surface area contributed by atoms with Gasteiger partial charge >= 0.3 is 5.69 Å². The van der Waals surface area contributed by atoms with Crippen LogP contribution in [0.4, 0.5) is 0 Å². The highest BCUT2D eigenvalue weighted by atomic mass is 79.9. The maximum atomic E-state index is 11.5. The molecular weight excluding hydrogens is 256 g/mol. The Bertz CT molecular complexity index is 531. The first kappa shape index (κ1) is 10.2. The Labute approximate surface area is 95.9 Å². The minimum Gasteiger partial charge on any atom is -0.312 e. The van der Waals surface area contributed by atoms with Crippen LogP contribution < -0.4 is 5.69 Å². The zero-order valence-electron chi connectivity index (χ0n) is 8.54. The number of H-pyrrole nitrogens is 1. The van der Waals surface area contributed by atoms with Gasteiger partial charge < -0.3 is 4.98 Å². The fourth-order valence-corrected chi connectivity index (χ4v) is 2.47. The van der Waals surface area contributed by atoms with Gasteiger partial charge in [-0.1, -0.05) is 15.9 Å². The quantitative estimate of drug-likeness (QED) is 0.847. The van der Waals surface area contributed by atoms with Crippen LogP contribution in [0.2, 0.25) is 0 Å². The average molecular weight is 267 g/mol. The molecule has 4 heteroatoms. The third-order valence-electron chi connectivity index (χ3n) is 2.35. The molecule has 1 aromatic heterocycles. The first-order valence-electron chi connectivity index (χ1n) is 4.63. The molecule has 0 spiro atoms. The second-order valence-electron chi connectivity index (χ2n) is 3.52. The van der Waals surface area contributed by atoms with Crippen LogP contribution in [0.15, 0.2) is 33.8 Å². The van der Waals surface area contributed by atoms with Gasteiger partial charge in [-0.05, 0) is 37.1 Å². The van der Waals surface area contributed by atoms with Crippen molar-refractivity contribution in [1.29, 1.82) is 0 Å². The van der Waals surface area contributed by atoms with Crippen LogP contribution in [0, 0.1) is 13.8 Å². The average Bonchev–Trinajstić information content (AvgIpc) is 2.50. The molecule has 2 aromatic rings. The molecule has 0 saturated heterocycles. The van der Waals surface area contributed by atoms with Gasteiger partial charge in [0.1, 0.15) is 0 Å². The number of hydrogen-bond donors (Lipinski definition) is 1. The molecule has 0 fully saturated rings. The topological polar surface area (TPSA) is 37.8 Å². The summed E-state index contributed by atoms with van der Waals surface area (Å²) in [5.74, 6) is 0. The minimum atomic E-state index is -0.108. The Morgan fingerprint density at radius 2 is 1.87 bits per heavy atom. The molecule has 0 saturated carbocycles. The van der Waals surface area contributed by atoms with Crippen LogP contribution in [-0.2, 0) is 0 Å². The predicted octanol–water partition coefficient (Wildman–Crippen LogP) is 2.54. The number of hydrogen-bond acceptors (Lipinski definition) is 1. The molecule has 1 aromatic carbocycles. The van der Waals surface area contributed by atoms with Crippen molar-refractivity contribution in [1.82, 2.24) is 9.55 Å². The lowest BCUT2D eigenvalue weighted by atomic mass is 10.1. The number of benzene rings is 1. The third kappa shape index (κ3) is 1.77. The van der Waals surface area contributed by atoms with E-state index in [4.69, 9.17) is 0 Å². The molecule has 3 nitrogen and oxygen atoms in total. The number of aryl methyl sites for hydroxylation is 2. The van der Waals surface area contributed by atoms with E-state index >= 15 is 0 Å². The first-order chi connectivity index (χ1) is 7.09. The van der Waals surface area contributed by atoms with Crippen molar-refractivity contribution < 1.29 is 0 Å². The van der Waals surface area contributed by atoms with Gasteiger partial charge in [0.25, 0.3) is 0 Å². The van der Waals surface area contributed by atoms with Crippen LogP contribution in [0.5, 0.6) is 0 Å². The number of nitrogens with one attached hydrogen (secondary N) is 1. The lowest BCUT2D eigenvalue weighted by molar-refractivity contribution is 0.962. The molecule has 2 rings (SSSR count). The zero-order valence-corrected chi connectivity index (χ0v) is 10.1. The van der Waals surface area contributed by atoms with Gasteiger partial charge in [-0.15, -0.1) is 0 Å². The van der Waals surface area contributed by atoms with Crippen molar-refractivity contribution in [2.75, 3.05) is 0 Å². The Morgan fingerprint density at radius 3 is 2.33 bits per heavy atom. The Kier molecular flexibility index (Phi) is 2.52. The van der Waals surface area contributed by atoms with E-state index in [-0.39, 0.29) is 5.69 Å². The van der Waals surface area contributed by atoms with Crippen LogP contribution >= 0.6 is 15.9 Å². The molecule has 0 aliphatic heterocycles. The van der Waals surface area contributed by atoms with Crippen molar-refractivity contribution in [3.8, 4) is 5.69 Å². The fraction of sp³-hybridized carbons (Fsp3) is 0.182. The van der Waals surface area contributed by atoms with Gasteiger partial charge in [0.15, 0.2) is 0 Å². The van der Waals surface area contributed by atoms with Gasteiger partial charge in [-0.3, -0.25) is 4.57 Å². The summed E-state index contributed by atoms with van der Waals surface area (Å²) in [7, 11) is 0. The Hall–Kier alpha value is -1.29. The number of imidazole rings is 1. The van der Waals surface area contributed by atoms with Crippen molar-refractivity contribution in [2.45, 2.75) is 13.8 Å². The van der Waals surface area contributed by atoms with E-state index in [9.17, 15) is 4.79 Å². The fourth-order valence-electron chi connectivity index (χ4n) is 1.78. The van der Waals surface area contributed by atoms with E-state index in [2.05, 4.69) is 20.9 Å². The number of nitrogens with zero attached hydrogens (tertiary/aromatic N) is 1. The maximum Gasteiger partial charge on any atom is 0.330 e. The molecule has 0 aliphatic rings. The van der Waals surface area contributed by atoms with Crippen molar-refractivity contribution in [2.24, 2.45) is 0 Å². The highest BCUT2D eigenvalue weighted by Crippen LogP contribution is 2.22. The summed E-state index contributed by atoms with van der Waals surface area (Å²) in [6.45, 7) is 3.99. The van der Waals surface area contributed by atoms with E-state index in [0.717, 1.165) is 21.3 Å². The number of halogens is 1. The van der Waals surface area contributed by atoms with E-state index in [1.54, 1.807) is 17.0 Å². The van der Waals surface area contributed by atoms with Gasteiger partial charge in [-0.25, -0.2) is 4.79 Å². The van der Waals surface area contributed by atoms with Crippen LogP contribution in [-0.4, -0.2) is 9.55 Å². The van der Waals surface area contributed by atoms with Crippen molar-refractivity contribution >= 4 is 15.9 Å². The SMILES string of the molecule is Cc1cc(Br)cc(C)c1-n1cc[nH]c1=O. The van der Waals surface area contributed by atoms with Crippen LogP contribution in [0.25, 0.3) is 5.69 Å². The van der Waals surface area contributed by atoms with Crippen molar-refractivity contribution in [3.05, 3.63) is 50.6 Å². The smallest absolute Gasteiger partial charge is 0.312 e. The number of aromatic nitrogens is 2. The maximum absolute atomic E-state index is 11.5. The summed E-state index contributed by atoms with van der Waals surface area (Å²) >= 11 is 3.43. The summed E-state index contributed by atoms with van der Waals surface area (Å²) in [4.78, 5) is 14.1. The van der Waals surface area contributed by atoms with Gasteiger partial charge in [-0.2, -0.15) is 0 Å². The second kappa shape index (κ2) is 3.70. The Balaban J connectivity index is 2.74. The Morgan fingerprint density at radius 1 is 1.27 bits per heavy atom. The van der Waals surface area contributed by atoms with E-state index in [1.165, 1.54) is 0 Å². The number of aromatic amines is 1. The molecule has 0 unspecified atom stereocenters. The molecule has 1 heterocycles. The molecule has 0 aliphatic carbocycles. The predicted molar refractivity (Wildman–Crippen MR) is 63.6 cm³/mol. The summed E-state index contributed by atoms with van der Waals surface area (Å²) in [6, 6.07) is 4.00. The molecule has 1 N–H and O–H groups in total. The van der Waals surface area contributed by atoms with Crippen LogP contribution in [0.1, 0.15) is 11.1 Å². The lowest BCUT2D eigenvalue weighted by Gasteiger charge is -2.10. The van der Waals surface area contributed by atoms with E-state index in [1.807, 2.05) is 26.0 Å². The second-order valence-corrected chi connectivity index (χ2v) is 4.44. The normalized spacial score (nSPS) is 10.6. The monoisotopic (exact) mass is 266 g/mol.